The molecule has 2 heterocycles. The molecule has 0 aromatic rings. The summed E-state index contributed by atoms with van der Waals surface area (Å²) >= 11 is 0. The molecule has 0 amide bonds. The van der Waals surface area contributed by atoms with Gasteiger partial charge in [0, 0.05) is 25.0 Å². The van der Waals surface area contributed by atoms with Crippen molar-refractivity contribution < 1.29 is 34.6 Å². The first kappa shape index (κ1) is 36.5. The standard InChI is InChI=1S/C39H69NO7/c1-11-12-26-37(10)32(42)30-29(24(2)19-25(46-30)31(41)35(7,8)44)36(37,9)15-16-39(26)22-38(39)14-13-27(33(3,4)21-38)47-28-20-40(17-18-45-28)23-34(5,6)43/h24-32,41-44H,11-23H2,1-10H3. The lowest BCUT2D eigenvalue weighted by molar-refractivity contribution is -0.234. The minimum Gasteiger partial charge on any atom is -0.390 e. The predicted octanol–water partition coefficient (Wildman–Crippen LogP) is 5.53. The van der Waals surface area contributed by atoms with Crippen LogP contribution in [0.3, 0.4) is 0 Å². The van der Waals surface area contributed by atoms with Gasteiger partial charge >= 0.3 is 0 Å². The Kier molecular flexibility index (Phi) is 9.20. The number of hydrogen-bond donors (Lipinski definition) is 4. The lowest BCUT2D eigenvalue weighted by Crippen LogP contribution is -2.56. The molecule has 6 fully saturated rings. The Bertz CT molecular complexity index is 1150. The van der Waals surface area contributed by atoms with E-state index in [0.717, 1.165) is 45.1 Å². The highest BCUT2D eigenvalue weighted by atomic mass is 16.7. The van der Waals surface area contributed by atoms with Crippen molar-refractivity contribution in [3.05, 3.63) is 0 Å². The summed E-state index contributed by atoms with van der Waals surface area (Å²) in [5, 5.41) is 44.6. The van der Waals surface area contributed by atoms with Gasteiger partial charge < -0.3 is 34.6 Å². The van der Waals surface area contributed by atoms with Crippen molar-refractivity contribution in [3.63, 3.8) is 0 Å². The minimum absolute atomic E-state index is 0.00240. The largest absolute Gasteiger partial charge is 0.390 e. The molecule has 6 rings (SSSR count). The average molecular weight is 664 g/mol. The van der Waals surface area contributed by atoms with Crippen molar-refractivity contribution in [1.82, 2.24) is 4.90 Å². The van der Waals surface area contributed by atoms with Gasteiger partial charge in [-0.15, -0.1) is 0 Å². The van der Waals surface area contributed by atoms with Crippen LogP contribution in [0.1, 0.15) is 127 Å². The second kappa shape index (κ2) is 11.9. The van der Waals surface area contributed by atoms with E-state index in [4.69, 9.17) is 14.2 Å². The Morgan fingerprint density at radius 2 is 1.72 bits per heavy atom. The van der Waals surface area contributed by atoms with E-state index in [1.54, 1.807) is 13.8 Å². The van der Waals surface area contributed by atoms with Crippen LogP contribution in [0.15, 0.2) is 0 Å². The second-order valence-electron chi connectivity index (χ2n) is 19.8. The normalized spacial score (nSPS) is 49.1. The number of hydrogen-bond acceptors (Lipinski definition) is 8. The smallest absolute Gasteiger partial charge is 0.170 e. The maximum atomic E-state index is 12.5. The summed E-state index contributed by atoms with van der Waals surface area (Å²) in [6.07, 6.45) is 7.23. The molecule has 0 bridgehead atoms. The Morgan fingerprint density at radius 1 is 1.02 bits per heavy atom. The molecule has 2 saturated heterocycles. The first-order valence-corrected chi connectivity index (χ1v) is 19.1. The lowest BCUT2D eigenvalue weighted by Gasteiger charge is -2.60. The van der Waals surface area contributed by atoms with Crippen LogP contribution in [-0.4, -0.2) is 99.6 Å². The first-order valence-electron chi connectivity index (χ1n) is 19.1. The van der Waals surface area contributed by atoms with Crippen LogP contribution in [0, 0.1) is 44.8 Å². The van der Waals surface area contributed by atoms with Crippen LogP contribution in [0.2, 0.25) is 0 Å². The summed E-state index contributed by atoms with van der Waals surface area (Å²) in [5.74, 6) is 0.916. The van der Waals surface area contributed by atoms with Gasteiger partial charge in [0.25, 0.3) is 0 Å². The Balaban J connectivity index is 1.22. The molecule has 4 N–H and O–H groups in total. The van der Waals surface area contributed by atoms with E-state index in [0.29, 0.717) is 32.0 Å². The third kappa shape index (κ3) is 5.79. The minimum atomic E-state index is -1.26. The van der Waals surface area contributed by atoms with Gasteiger partial charge in [0.15, 0.2) is 6.29 Å². The molecule has 13 unspecified atom stereocenters. The number of rotatable bonds is 8. The number of aliphatic hydroxyl groups excluding tert-OH is 2. The highest BCUT2D eigenvalue weighted by molar-refractivity contribution is 5.29. The van der Waals surface area contributed by atoms with E-state index in [1.165, 1.54) is 12.8 Å². The molecule has 13 atom stereocenters. The van der Waals surface area contributed by atoms with Gasteiger partial charge in [0.2, 0.25) is 0 Å². The fourth-order valence-electron chi connectivity index (χ4n) is 13.0. The number of aliphatic hydroxyl groups is 4. The third-order valence-corrected chi connectivity index (χ3v) is 15.1. The van der Waals surface area contributed by atoms with Crippen LogP contribution in [0.4, 0.5) is 0 Å². The molecule has 0 aromatic heterocycles. The van der Waals surface area contributed by atoms with Crippen molar-refractivity contribution in [2.75, 3.05) is 26.2 Å². The lowest BCUT2D eigenvalue weighted by atomic mass is 9.45. The monoisotopic (exact) mass is 664 g/mol. The van der Waals surface area contributed by atoms with Crippen molar-refractivity contribution in [2.24, 2.45) is 44.8 Å². The highest BCUT2D eigenvalue weighted by Gasteiger charge is 2.81. The van der Waals surface area contributed by atoms with Gasteiger partial charge in [-0.2, -0.15) is 0 Å². The fraction of sp³-hybridized carbons (Fsp3) is 1.00. The van der Waals surface area contributed by atoms with Gasteiger partial charge in [-0.25, -0.2) is 0 Å². The molecule has 8 heteroatoms. The highest BCUT2D eigenvalue weighted by Crippen LogP contribution is 2.85. The topological polar surface area (TPSA) is 112 Å². The molecular formula is C39H69NO7. The second-order valence-corrected chi connectivity index (χ2v) is 19.8. The van der Waals surface area contributed by atoms with E-state index >= 15 is 0 Å². The summed E-state index contributed by atoms with van der Waals surface area (Å²) in [7, 11) is 0. The molecule has 2 aliphatic heterocycles. The SMILES string of the molecule is CCCC1C2(CCC3(C)C4C(C)CC(C(O)C(C)(C)O)OC4C(O)C13C)CC21CCC(OC2CN(CC(C)(C)O)CCO2)C(C)(C)C1. The maximum Gasteiger partial charge on any atom is 0.170 e. The number of fused-ring (bicyclic) bond motifs is 4. The van der Waals surface area contributed by atoms with E-state index in [9.17, 15) is 20.4 Å². The molecule has 0 radical (unpaired) electrons. The van der Waals surface area contributed by atoms with E-state index in [2.05, 4.69) is 46.4 Å². The zero-order chi connectivity index (χ0) is 34.6. The van der Waals surface area contributed by atoms with Crippen molar-refractivity contribution in [2.45, 2.75) is 175 Å². The van der Waals surface area contributed by atoms with Crippen molar-refractivity contribution in [1.29, 1.82) is 0 Å². The number of morpholine rings is 1. The summed E-state index contributed by atoms with van der Waals surface area (Å²) in [6, 6.07) is 0. The Morgan fingerprint density at radius 3 is 2.34 bits per heavy atom. The average Bonchev–Trinajstić information content (AvgIpc) is 3.51. The van der Waals surface area contributed by atoms with E-state index in [1.807, 2.05) is 13.8 Å². The zero-order valence-electron chi connectivity index (χ0n) is 31.3. The number of nitrogens with zero attached hydrogens (tertiary/aromatic N) is 1. The summed E-state index contributed by atoms with van der Waals surface area (Å²) in [5.41, 5.74) is -1.87. The van der Waals surface area contributed by atoms with E-state index in [-0.39, 0.29) is 57.4 Å². The summed E-state index contributed by atoms with van der Waals surface area (Å²) in [6.45, 7) is 24.0. The summed E-state index contributed by atoms with van der Waals surface area (Å²) in [4.78, 5) is 2.26. The Labute approximate surface area is 285 Å². The van der Waals surface area contributed by atoms with Crippen LogP contribution in [-0.2, 0) is 14.2 Å². The maximum absolute atomic E-state index is 12.5. The zero-order valence-corrected chi connectivity index (χ0v) is 31.3. The molecule has 272 valence electrons. The molecule has 47 heavy (non-hydrogen) atoms. The van der Waals surface area contributed by atoms with Crippen molar-refractivity contribution in [3.8, 4) is 0 Å². The molecule has 6 aliphatic rings. The number of β-amino-alcohol motifs (C(OH)–C–C–N with tert-alkyl or cyclic N) is 1. The molecule has 8 nitrogen and oxygen atoms in total. The summed E-state index contributed by atoms with van der Waals surface area (Å²) < 4.78 is 19.6. The first-order chi connectivity index (χ1) is 21.6. The van der Waals surface area contributed by atoms with Crippen LogP contribution < -0.4 is 0 Å². The van der Waals surface area contributed by atoms with Gasteiger partial charge in [-0.3, -0.25) is 4.90 Å². The molecule has 0 aromatic carbocycles. The third-order valence-electron chi connectivity index (χ3n) is 15.1. The molecule has 4 saturated carbocycles. The molecule has 4 aliphatic carbocycles. The van der Waals surface area contributed by atoms with Crippen LogP contribution in [0.5, 0.6) is 0 Å². The fourth-order valence-corrected chi connectivity index (χ4v) is 13.0. The molecule has 2 spiro atoms. The predicted molar refractivity (Wildman–Crippen MR) is 183 cm³/mol. The quantitative estimate of drug-likeness (QED) is 0.269. The van der Waals surface area contributed by atoms with Crippen molar-refractivity contribution >= 4 is 0 Å². The van der Waals surface area contributed by atoms with E-state index < -0.39 is 29.5 Å². The van der Waals surface area contributed by atoms with Gasteiger partial charge in [-0.1, -0.05) is 48.0 Å². The van der Waals surface area contributed by atoms with Gasteiger partial charge in [0.05, 0.1) is 42.2 Å². The van der Waals surface area contributed by atoms with Crippen LogP contribution in [0.25, 0.3) is 0 Å². The Hall–Kier alpha value is -0.320. The number of ether oxygens (including phenoxy) is 3. The van der Waals surface area contributed by atoms with Gasteiger partial charge in [-0.05, 0) is 118 Å². The molecular weight excluding hydrogens is 594 g/mol. The van der Waals surface area contributed by atoms with Gasteiger partial charge in [0.1, 0.15) is 6.10 Å². The van der Waals surface area contributed by atoms with Crippen LogP contribution >= 0.6 is 0 Å².